The summed E-state index contributed by atoms with van der Waals surface area (Å²) in [5.41, 5.74) is 2.59. The number of hydrogen-bond donors (Lipinski definition) is 1. The molecule has 2 bridgehead atoms. The minimum atomic E-state index is -0.114. The van der Waals surface area contributed by atoms with Crippen LogP contribution in [-0.2, 0) is 4.79 Å². The van der Waals surface area contributed by atoms with E-state index in [9.17, 15) is 4.79 Å². The number of nitrogens with zero attached hydrogens (tertiary/aromatic N) is 2. The zero-order valence-electron chi connectivity index (χ0n) is 15.2. The first-order chi connectivity index (χ1) is 12.3. The Morgan fingerprint density at radius 1 is 1.23 bits per heavy atom. The Morgan fingerprint density at radius 2 is 1.96 bits per heavy atom. The van der Waals surface area contributed by atoms with Gasteiger partial charge in [-0.15, -0.1) is 5.10 Å². The maximum atomic E-state index is 12.2. The van der Waals surface area contributed by atoms with Gasteiger partial charge < -0.3 is 0 Å². The number of thioether (sulfide) groups is 1. The maximum absolute atomic E-state index is 12.2. The van der Waals surface area contributed by atoms with Crippen molar-refractivity contribution in [1.82, 2.24) is 5.32 Å². The van der Waals surface area contributed by atoms with Gasteiger partial charge in [-0.2, -0.15) is 5.10 Å². The zero-order valence-corrected chi connectivity index (χ0v) is 17.6. The van der Waals surface area contributed by atoms with Gasteiger partial charge in [0, 0.05) is 15.6 Å². The maximum Gasteiger partial charge on any atom is 0.264 e. The van der Waals surface area contributed by atoms with Gasteiger partial charge in [0.1, 0.15) is 0 Å². The van der Waals surface area contributed by atoms with Gasteiger partial charge in [-0.1, -0.05) is 48.8 Å². The van der Waals surface area contributed by atoms with Crippen molar-refractivity contribution in [2.75, 3.05) is 0 Å². The molecule has 2 atom stereocenters. The van der Waals surface area contributed by atoms with Crippen LogP contribution in [0.25, 0.3) is 6.08 Å². The van der Waals surface area contributed by atoms with E-state index in [1.165, 1.54) is 30.3 Å². The summed E-state index contributed by atoms with van der Waals surface area (Å²) in [5, 5.41) is 12.3. The summed E-state index contributed by atoms with van der Waals surface area (Å²) in [4.78, 5) is 12.9. The van der Waals surface area contributed by atoms with Crippen LogP contribution in [0.4, 0.5) is 0 Å². The van der Waals surface area contributed by atoms with Gasteiger partial charge in [0.25, 0.3) is 5.91 Å². The van der Waals surface area contributed by atoms with Crippen molar-refractivity contribution in [3.63, 3.8) is 0 Å². The summed E-state index contributed by atoms with van der Waals surface area (Å²) in [5.74, 6) is 0.585. The zero-order chi connectivity index (χ0) is 18.5. The highest BCUT2D eigenvalue weighted by Gasteiger charge is 2.60. The van der Waals surface area contributed by atoms with E-state index in [1.807, 2.05) is 30.3 Å². The second-order valence-electron chi connectivity index (χ2n) is 8.06. The van der Waals surface area contributed by atoms with Crippen LogP contribution >= 0.6 is 27.7 Å². The van der Waals surface area contributed by atoms with Crippen LogP contribution in [0.3, 0.4) is 0 Å². The molecule has 136 valence electrons. The first-order valence-corrected chi connectivity index (χ1v) is 10.5. The Labute approximate surface area is 166 Å². The molecule has 1 aromatic carbocycles. The number of carbonyl (C=O) groups is 1. The quantitative estimate of drug-likeness (QED) is 0.515. The Balaban J connectivity index is 1.53. The molecule has 2 saturated carbocycles. The number of rotatable bonds is 2. The third-order valence-corrected chi connectivity index (χ3v) is 8.02. The fourth-order valence-electron chi connectivity index (χ4n) is 4.37. The molecular formula is C20H22BrN3OS. The number of fused-ring (bicyclic) bond motifs is 2. The van der Waals surface area contributed by atoms with E-state index in [0.717, 1.165) is 16.5 Å². The number of carbonyl (C=O) groups excluding carboxylic acids is 1. The minimum absolute atomic E-state index is 0.114. The van der Waals surface area contributed by atoms with Crippen LogP contribution < -0.4 is 5.32 Å². The number of halogens is 1. The van der Waals surface area contributed by atoms with E-state index < -0.39 is 0 Å². The van der Waals surface area contributed by atoms with Gasteiger partial charge in [0.15, 0.2) is 5.17 Å². The summed E-state index contributed by atoms with van der Waals surface area (Å²) in [6, 6.07) is 7.86. The average Bonchev–Trinajstić information content (AvgIpc) is 3.12. The van der Waals surface area contributed by atoms with E-state index >= 15 is 0 Å². The topological polar surface area (TPSA) is 53.8 Å². The second kappa shape index (κ2) is 6.34. The first-order valence-electron chi connectivity index (χ1n) is 8.91. The SMILES string of the molecule is CC1(C)[C@H]2CC[C@]1(C)/C(=N\N=C1\NC(=O)/C(=C\c3ccc(Br)cc3)S1)C2. The monoisotopic (exact) mass is 431 g/mol. The predicted octanol–water partition coefficient (Wildman–Crippen LogP) is 5.21. The molecule has 1 aliphatic heterocycles. The molecule has 0 spiro atoms. The molecule has 3 fully saturated rings. The Morgan fingerprint density at radius 3 is 2.58 bits per heavy atom. The summed E-state index contributed by atoms with van der Waals surface area (Å²) in [6.07, 6.45) is 5.37. The van der Waals surface area contributed by atoms with Crippen molar-refractivity contribution in [3.05, 3.63) is 39.2 Å². The lowest BCUT2D eigenvalue weighted by atomic mass is 9.70. The van der Waals surface area contributed by atoms with Crippen LogP contribution in [0.5, 0.6) is 0 Å². The standard InChI is InChI=1S/C20H22BrN3OS/c1-19(2)13-8-9-20(19,3)16(11-13)23-24-18-22-17(25)15(26-18)10-12-4-6-14(21)7-5-12/h4-7,10,13H,8-9,11H2,1-3H3,(H,22,24,25)/b15-10+,23-16-/t13-,20+/m0/s1. The van der Waals surface area contributed by atoms with Crippen molar-refractivity contribution >= 4 is 50.6 Å². The van der Waals surface area contributed by atoms with E-state index in [4.69, 9.17) is 0 Å². The average molecular weight is 432 g/mol. The lowest BCUT2D eigenvalue weighted by molar-refractivity contribution is -0.115. The van der Waals surface area contributed by atoms with E-state index in [1.54, 1.807) is 0 Å². The molecule has 1 heterocycles. The third-order valence-electron chi connectivity index (χ3n) is 6.59. The molecule has 0 radical (unpaired) electrons. The van der Waals surface area contributed by atoms with Crippen molar-refractivity contribution in [3.8, 4) is 0 Å². The molecule has 1 N–H and O–H groups in total. The summed E-state index contributed by atoms with van der Waals surface area (Å²) < 4.78 is 1.02. The normalized spacial score (nSPS) is 34.2. The molecule has 4 rings (SSSR count). The second-order valence-corrected chi connectivity index (χ2v) is 10.0. The lowest BCUT2D eigenvalue weighted by Crippen LogP contribution is -2.32. The van der Waals surface area contributed by atoms with Gasteiger partial charge in [-0.25, -0.2) is 0 Å². The molecule has 1 aromatic rings. The number of nitrogens with one attached hydrogen (secondary N) is 1. The summed E-state index contributed by atoms with van der Waals surface area (Å²) in [6.45, 7) is 7.02. The van der Waals surface area contributed by atoms with Crippen LogP contribution in [0, 0.1) is 16.7 Å². The predicted molar refractivity (Wildman–Crippen MR) is 112 cm³/mol. The number of hydrogen-bond acceptors (Lipinski definition) is 4. The van der Waals surface area contributed by atoms with Crippen molar-refractivity contribution in [1.29, 1.82) is 0 Å². The Hall–Kier alpha value is -1.40. The Kier molecular flexibility index (Phi) is 4.39. The summed E-state index contributed by atoms with van der Waals surface area (Å²) in [7, 11) is 0. The largest absolute Gasteiger partial charge is 0.299 e. The third kappa shape index (κ3) is 2.87. The molecule has 0 unspecified atom stereocenters. The molecule has 6 heteroatoms. The van der Waals surface area contributed by atoms with Crippen LogP contribution in [0.2, 0.25) is 0 Å². The number of amidine groups is 1. The minimum Gasteiger partial charge on any atom is -0.299 e. The molecule has 3 aliphatic rings. The van der Waals surface area contributed by atoms with E-state index in [-0.39, 0.29) is 16.7 Å². The molecule has 1 saturated heterocycles. The highest BCUT2D eigenvalue weighted by molar-refractivity contribution is 9.10. The Bertz CT molecular complexity index is 856. The van der Waals surface area contributed by atoms with E-state index in [0.29, 0.717) is 16.0 Å². The highest BCUT2D eigenvalue weighted by Crippen LogP contribution is 2.64. The fraction of sp³-hybridized carbons (Fsp3) is 0.450. The van der Waals surface area contributed by atoms with Gasteiger partial charge in [0.2, 0.25) is 0 Å². The number of benzene rings is 1. The molecule has 26 heavy (non-hydrogen) atoms. The van der Waals surface area contributed by atoms with E-state index in [2.05, 4.69) is 52.2 Å². The first kappa shape index (κ1) is 18.0. The lowest BCUT2D eigenvalue weighted by Gasteiger charge is -2.34. The van der Waals surface area contributed by atoms with Crippen LogP contribution in [-0.4, -0.2) is 16.8 Å². The van der Waals surface area contributed by atoms with Crippen molar-refractivity contribution < 1.29 is 4.79 Å². The highest BCUT2D eigenvalue weighted by atomic mass is 79.9. The van der Waals surface area contributed by atoms with Crippen LogP contribution in [0.15, 0.2) is 43.8 Å². The smallest absolute Gasteiger partial charge is 0.264 e. The molecule has 0 aromatic heterocycles. The van der Waals surface area contributed by atoms with Gasteiger partial charge in [-0.05, 0) is 66.1 Å². The molecule has 1 amide bonds. The van der Waals surface area contributed by atoms with Crippen LogP contribution in [0.1, 0.15) is 45.6 Å². The summed E-state index contributed by atoms with van der Waals surface area (Å²) >= 11 is 4.77. The molecule has 2 aliphatic carbocycles. The number of amides is 1. The molecule has 4 nitrogen and oxygen atoms in total. The fourth-order valence-corrected chi connectivity index (χ4v) is 5.41. The molecular weight excluding hydrogens is 410 g/mol. The van der Waals surface area contributed by atoms with Crippen molar-refractivity contribution in [2.24, 2.45) is 27.0 Å². The van der Waals surface area contributed by atoms with Gasteiger partial charge >= 0.3 is 0 Å². The van der Waals surface area contributed by atoms with Gasteiger partial charge in [0.05, 0.1) is 4.91 Å². The van der Waals surface area contributed by atoms with Crippen molar-refractivity contribution in [2.45, 2.75) is 40.0 Å². The van der Waals surface area contributed by atoms with Gasteiger partial charge in [-0.3, -0.25) is 10.1 Å².